The maximum absolute atomic E-state index is 11.9. The van der Waals surface area contributed by atoms with E-state index in [0.717, 1.165) is 18.3 Å². The Balaban J connectivity index is 1.60. The van der Waals surface area contributed by atoms with Gasteiger partial charge in [-0.15, -0.1) is 0 Å². The first kappa shape index (κ1) is 13.4. The van der Waals surface area contributed by atoms with Gasteiger partial charge in [-0.2, -0.15) is 0 Å². The van der Waals surface area contributed by atoms with E-state index >= 15 is 0 Å². The number of fused-ring (bicyclic) bond motifs is 3. The molecule has 4 saturated carbocycles. The zero-order valence-electron chi connectivity index (χ0n) is 13.7. The normalized spacial score (nSPS) is 55.4. The third-order valence-electron chi connectivity index (χ3n) is 8.66. The number of carbonyl (C=O) groups excluding carboxylic acids is 1. The van der Waals surface area contributed by atoms with E-state index in [2.05, 4.69) is 13.8 Å². The largest absolute Gasteiger partial charge is 0.504 e. The summed E-state index contributed by atoms with van der Waals surface area (Å²) >= 11 is 0. The van der Waals surface area contributed by atoms with Gasteiger partial charge in [0, 0.05) is 5.41 Å². The van der Waals surface area contributed by atoms with Crippen LogP contribution in [0.25, 0.3) is 0 Å². The minimum atomic E-state index is -0.185. The molecule has 0 aliphatic heterocycles. The van der Waals surface area contributed by atoms with E-state index in [4.69, 9.17) is 0 Å². The van der Waals surface area contributed by atoms with E-state index in [1.54, 1.807) is 6.08 Å². The Morgan fingerprint density at radius 2 is 1.91 bits per heavy atom. The highest BCUT2D eigenvalue weighted by Crippen LogP contribution is 2.82. The Labute approximate surface area is 132 Å². The smallest absolute Gasteiger partial charge is 0.219 e. The van der Waals surface area contributed by atoms with Crippen molar-refractivity contribution in [2.75, 3.05) is 0 Å². The van der Waals surface area contributed by atoms with Gasteiger partial charge in [0.2, 0.25) is 5.78 Å². The summed E-state index contributed by atoms with van der Waals surface area (Å²) in [4.78, 5) is 11.9. The van der Waals surface area contributed by atoms with Gasteiger partial charge in [0.25, 0.3) is 0 Å². The van der Waals surface area contributed by atoms with Crippen LogP contribution in [0.2, 0.25) is 0 Å². The monoisotopic (exact) mass is 298 g/mol. The zero-order valence-corrected chi connectivity index (χ0v) is 13.7. The molecule has 5 aliphatic carbocycles. The predicted octanol–water partition coefficient (Wildman–Crippen LogP) is 4.57. The van der Waals surface area contributed by atoms with E-state index < -0.39 is 0 Å². The first-order valence-corrected chi connectivity index (χ1v) is 9.08. The number of carbonyl (C=O) groups is 1. The number of hydrogen-bond acceptors (Lipinski definition) is 2. The summed E-state index contributed by atoms with van der Waals surface area (Å²) in [7, 11) is 0. The zero-order chi connectivity index (χ0) is 15.3. The topological polar surface area (TPSA) is 37.3 Å². The predicted molar refractivity (Wildman–Crippen MR) is 85.2 cm³/mol. The van der Waals surface area contributed by atoms with Crippen LogP contribution in [0.3, 0.4) is 0 Å². The highest BCUT2D eigenvalue weighted by molar-refractivity contribution is 6.04. The lowest BCUT2D eigenvalue weighted by Gasteiger charge is -2.57. The van der Waals surface area contributed by atoms with Crippen molar-refractivity contribution in [3.8, 4) is 0 Å². The molecule has 118 valence electrons. The van der Waals surface area contributed by atoms with Crippen molar-refractivity contribution in [3.05, 3.63) is 23.5 Å². The lowest BCUT2D eigenvalue weighted by atomic mass is 9.46. The van der Waals surface area contributed by atoms with Crippen LogP contribution < -0.4 is 0 Å². The second kappa shape index (κ2) is 3.71. The molecule has 2 heteroatoms. The number of aliphatic hydroxyl groups excluding tert-OH is 1. The first-order valence-electron chi connectivity index (χ1n) is 9.08. The molecule has 0 bridgehead atoms. The van der Waals surface area contributed by atoms with E-state index in [1.165, 1.54) is 44.1 Å². The van der Waals surface area contributed by atoms with Crippen LogP contribution >= 0.6 is 0 Å². The van der Waals surface area contributed by atoms with Crippen LogP contribution in [0.15, 0.2) is 23.5 Å². The third-order valence-corrected chi connectivity index (χ3v) is 8.66. The summed E-state index contributed by atoms with van der Waals surface area (Å²) in [5, 5.41) is 10.1. The van der Waals surface area contributed by atoms with Crippen molar-refractivity contribution >= 4 is 5.78 Å². The number of allylic oxidation sites excluding steroid dienone is 3. The molecule has 0 radical (unpaired) electrons. The van der Waals surface area contributed by atoms with Gasteiger partial charge >= 0.3 is 0 Å². The second-order valence-corrected chi connectivity index (χ2v) is 9.18. The van der Waals surface area contributed by atoms with Gasteiger partial charge in [0.05, 0.1) is 0 Å². The van der Waals surface area contributed by atoms with Gasteiger partial charge in [-0.25, -0.2) is 0 Å². The molecule has 0 aromatic heterocycles. The Kier molecular flexibility index (Phi) is 2.26. The summed E-state index contributed by atoms with van der Waals surface area (Å²) < 4.78 is 0. The summed E-state index contributed by atoms with van der Waals surface area (Å²) in [6.07, 6.45) is 12.9. The molecule has 5 rings (SSSR count). The number of aliphatic hydroxyl groups is 1. The molecule has 5 aliphatic rings. The number of hydrogen-bond donors (Lipinski definition) is 1. The van der Waals surface area contributed by atoms with Gasteiger partial charge in [-0.1, -0.05) is 19.4 Å². The molecule has 0 saturated heterocycles. The Morgan fingerprint density at radius 3 is 2.68 bits per heavy atom. The molecular formula is C20H26O2. The van der Waals surface area contributed by atoms with E-state index in [9.17, 15) is 9.90 Å². The molecule has 0 heterocycles. The average Bonchev–Trinajstić information content (AvgIpc) is 3.12. The lowest BCUT2D eigenvalue weighted by molar-refractivity contribution is -0.114. The van der Waals surface area contributed by atoms with Gasteiger partial charge in [-0.3, -0.25) is 4.79 Å². The summed E-state index contributed by atoms with van der Waals surface area (Å²) in [6.45, 7) is 4.84. The van der Waals surface area contributed by atoms with Crippen molar-refractivity contribution in [1.29, 1.82) is 0 Å². The van der Waals surface area contributed by atoms with Gasteiger partial charge in [0.1, 0.15) is 0 Å². The van der Waals surface area contributed by atoms with E-state index in [-0.39, 0.29) is 17.0 Å². The maximum Gasteiger partial charge on any atom is 0.219 e. The fourth-order valence-electron chi connectivity index (χ4n) is 7.48. The van der Waals surface area contributed by atoms with Crippen LogP contribution in [0.1, 0.15) is 58.8 Å². The molecule has 0 aromatic rings. The fourth-order valence-corrected chi connectivity index (χ4v) is 7.48. The third kappa shape index (κ3) is 1.28. The molecular weight excluding hydrogens is 272 g/mol. The lowest BCUT2D eigenvalue weighted by Crippen LogP contribution is -2.50. The number of rotatable bonds is 0. The Hall–Kier alpha value is -1.05. The molecule has 6 atom stereocenters. The van der Waals surface area contributed by atoms with Crippen LogP contribution in [-0.2, 0) is 4.79 Å². The fraction of sp³-hybridized carbons (Fsp3) is 0.750. The SMILES string of the molecule is C[C@@]12CC[C@@H]3C[C@@]31[C@@H]1CCC3=CC(=O)C(O)=C[C@]3(C)[C@H]1CC2. The summed E-state index contributed by atoms with van der Waals surface area (Å²) in [5.74, 6) is 2.20. The van der Waals surface area contributed by atoms with Crippen molar-refractivity contribution in [2.24, 2.45) is 34.0 Å². The van der Waals surface area contributed by atoms with Crippen molar-refractivity contribution in [3.63, 3.8) is 0 Å². The molecule has 0 amide bonds. The highest BCUT2D eigenvalue weighted by atomic mass is 16.3. The standard InChI is InChI=1S/C20H26O2/c1-18-7-5-13-10-20(13,18)15-4-3-12-9-16(21)17(22)11-19(12,2)14(15)6-8-18/h9,11,13-15,22H,3-8,10H2,1-2H3/t13-,14+,15-,18+,19+,20+/m1/s1. The van der Waals surface area contributed by atoms with Crippen LogP contribution in [0.5, 0.6) is 0 Å². The van der Waals surface area contributed by atoms with Crippen molar-refractivity contribution in [1.82, 2.24) is 0 Å². The molecule has 1 spiro atoms. The van der Waals surface area contributed by atoms with Gasteiger partial charge in [0.15, 0.2) is 5.76 Å². The molecule has 0 aromatic carbocycles. The second-order valence-electron chi connectivity index (χ2n) is 9.18. The van der Waals surface area contributed by atoms with Crippen molar-refractivity contribution < 1.29 is 9.90 Å². The van der Waals surface area contributed by atoms with Crippen LogP contribution in [0, 0.1) is 34.0 Å². The van der Waals surface area contributed by atoms with Gasteiger partial charge in [-0.05, 0) is 85.7 Å². The molecule has 22 heavy (non-hydrogen) atoms. The highest BCUT2D eigenvalue weighted by Gasteiger charge is 2.74. The minimum absolute atomic E-state index is 0.0171. The molecule has 1 N–H and O–H groups in total. The van der Waals surface area contributed by atoms with Crippen LogP contribution in [0.4, 0.5) is 0 Å². The Bertz CT molecular complexity index is 644. The molecule has 4 fully saturated rings. The maximum atomic E-state index is 11.9. The van der Waals surface area contributed by atoms with E-state index in [0.29, 0.717) is 16.7 Å². The summed E-state index contributed by atoms with van der Waals surface area (Å²) in [5.41, 5.74) is 2.39. The number of ketones is 1. The van der Waals surface area contributed by atoms with Crippen LogP contribution in [-0.4, -0.2) is 10.9 Å². The molecule has 0 unspecified atom stereocenters. The minimum Gasteiger partial charge on any atom is -0.504 e. The van der Waals surface area contributed by atoms with Crippen molar-refractivity contribution in [2.45, 2.75) is 58.8 Å². The van der Waals surface area contributed by atoms with Gasteiger partial charge < -0.3 is 5.11 Å². The quantitative estimate of drug-likeness (QED) is 0.711. The van der Waals surface area contributed by atoms with E-state index in [1.807, 2.05) is 6.08 Å². The molecule has 2 nitrogen and oxygen atoms in total. The first-order chi connectivity index (χ1) is 10.4. The Morgan fingerprint density at radius 1 is 1.14 bits per heavy atom. The summed E-state index contributed by atoms with van der Waals surface area (Å²) in [6, 6.07) is 0. The average molecular weight is 298 g/mol.